The smallest absolute Gasteiger partial charge is 0.147 e. The van der Waals surface area contributed by atoms with Crippen molar-refractivity contribution in [3.05, 3.63) is 46.2 Å². The predicted molar refractivity (Wildman–Crippen MR) is 60.6 cm³/mol. The molecule has 4 nitrogen and oxygen atoms in total. The third-order valence-electron chi connectivity index (χ3n) is 2.52. The molecule has 0 aliphatic heterocycles. The first kappa shape index (κ1) is 10.5. The number of H-pyrrole nitrogens is 1. The van der Waals surface area contributed by atoms with Gasteiger partial charge < -0.3 is 4.98 Å². The fourth-order valence-electron chi connectivity index (χ4n) is 1.77. The van der Waals surface area contributed by atoms with Crippen LogP contribution in [0.2, 0.25) is 0 Å². The van der Waals surface area contributed by atoms with E-state index in [1.165, 1.54) is 6.07 Å². The number of aryl methyl sites for hydroxylation is 1. The number of nitrogens with one attached hydrogen (secondary N) is 1. The van der Waals surface area contributed by atoms with Gasteiger partial charge in [0.1, 0.15) is 5.82 Å². The first-order valence-electron chi connectivity index (χ1n) is 5.08. The summed E-state index contributed by atoms with van der Waals surface area (Å²) in [6.07, 6.45) is 3.36. The fraction of sp³-hybridized carbons (Fsp3) is 0.273. The Morgan fingerprint density at radius 1 is 1.44 bits per heavy atom. The number of halogens is 1. The summed E-state index contributed by atoms with van der Waals surface area (Å²) in [5.41, 5.74) is 9.74. The summed E-state index contributed by atoms with van der Waals surface area (Å²) in [4.78, 5) is 5.61. The van der Waals surface area contributed by atoms with Crippen LogP contribution in [-0.4, -0.2) is 11.5 Å². The van der Waals surface area contributed by atoms with Gasteiger partial charge in [-0.3, -0.25) is 0 Å². The number of para-hydroxylation sites is 1. The molecule has 82 valence electrons. The minimum atomic E-state index is -0.237. The van der Waals surface area contributed by atoms with E-state index in [1.807, 2.05) is 12.3 Å². The van der Waals surface area contributed by atoms with Gasteiger partial charge in [0.15, 0.2) is 0 Å². The van der Waals surface area contributed by atoms with Crippen molar-refractivity contribution in [1.29, 1.82) is 0 Å². The van der Waals surface area contributed by atoms with Crippen LogP contribution in [0.15, 0.2) is 29.5 Å². The van der Waals surface area contributed by atoms with Crippen molar-refractivity contribution in [2.45, 2.75) is 12.8 Å². The maximum atomic E-state index is 13.3. The Balaban J connectivity index is 2.19. The number of hydrogen-bond acceptors (Lipinski definition) is 1. The van der Waals surface area contributed by atoms with Crippen molar-refractivity contribution in [3.63, 3.8) is 0 Å². The molecule has 0 aliphatic carbocycles. The van der Waals surface area contributed by atoms with Gasteiger partial charge in [0.25, 0.3) is 0 Å². The maximum absolute atomic E-state index is 13.3. The third-order valence-corrected chi connectivity index (χ3v) is 2.52. The van der Waals surface area contributed by atoms with E-state index in [0.717, 1.165) is 23.8 Å². The molecule has 1 heterocycles. The molecule has 0 saturated carbocycles. The number of benzene rings is 1. The topological polar surface area (TPSA) is 64.6 Å². The highest BCUT2D eigenvalue weighted by Gasteiger charge is 2.06. The van der Waals surface area contributed by atoms with E-state index in [9.17, 15) is 4.39 Å². The molecule has 1 N–H and O–H groups in total. The lowest BCUT2D eigenvalue weighted by Gasteiger charge is -1.97. The molecule has 0 fully saturated rings. The van der Waals surface area contributed by atoms with Crippen LogP contribution in [0.1, 0.15) is 12.0 Å². The highest BCUT2D eigenvalue weighted by molar-refractivity contribution is 5.83. The molecule has 0 radical (unpaired) electrons. The van der Waals surface area contributed by atoms with E-state index in [0.29, 0.717) is 12.1 Å². The van der Waals surface area contributed by atoms with Crippen molar-refractivity contribution in [3.8, 4) is 0 Å². The minimum absolute atomic E-state index is 0.237. The van der Waals surface area contributed by atoms with Crippen LogP contribution in [-0.2, 0) is 6.42 Å². The van der Waals surface area contributed by atoms with Gasteiger partial charge >= 0.3 is 0 Å². The molecule has 0 spiro atoms. The number of aromatic amines is 1. The van der Waals surface area contributed by atoms with Crippen LogP contribution < -0.4 is 0 Å². The lowest BCUT2D eigenvalue weighted by Crippen LogP contribution is -1.86. The Morgan fingerprint density at radius 3 is 3.12 bits per heavy atom. The number of azide groups is 1. The second kappa shape index (κ2) is 4.68. The van der Waals surface area contributed by atoms with Crippen molar-refractivity contribution in [2.24, 2.45) is 5.11 Å². The predicted octanol–water partition coefficient (Wildman–Crippen LogP) is 3.55. The highest BCUT2D eigenvalue weighted by atomic mass is 19.1. The van der Waals surface area contributed by atoms with E-state index in [1.54, 1.807) is 6.07 Å². The first-order valence-corrected chi connectivity index (χ1v) is 5.08. The van der Waals surface area contributed by atoms with Crippen molar-refractivity contribution in [2.75, 3.05) is 6.54 Å². The van der Waals surface area contributed by atoms with Crippen LogP contribution in [0, 0.1) is 5.82 Å². The summed E-state index contributed by atoms with van der Waals surface area (Å²) in [6.45, 7) is 0.471. The summed E-state index contributed by atoms with van der Waals surface area (Å²) >= 11 is 0. The SMILES string of the molecule is [N-]=[N+]=NCCCc1c[nH]c2c(F)cccc12. The summed E-state index contributed by atoms with van der Waals surface area (Å²) in [5, 5.41) is 4.37. The molecule has 2 aromatic rings. The average molecular weight is 218 g/mol. The zero-order valence-corrected chi connectivity index (χ0v) is 8.65. The number of rotatable bonds is 4. The number of fused-ring (bicyclic) bond motifs is 1. The lowest BCUT2D eigenvalue weighted by atomic mass is 10.1. The van der Waals surface area contributed by atoms with E-state index in [2.05, 4.69) is 15.0 Å². The van der Waals surface area contributed by atoms with Crippen LogP contribution in [0.25, 0.3) is 21.3 Å². The largest absolute Gasteiger partial charge is 0.359 e. The Bertz CT molecular complexity index is 540. The summed E-state index contributed by atoms with van der Waals surface area (Å²) in [6, 6.07) is 5.02. The van der Waals surface area contributed by atoms with Crippen molar-refractivity contribution >= 4 is 10.9 Å². The maximum Gasteiger partial charge on any atom is 0.147 e. The van der Waals surface area contributed by atoms with Gasteiger partial charge in [-0.1, -0.05) is 17.2 Å². The summed E-state index contributed by atoms with van der Waals surface area (Å²) in [5.74, 6) is -0.237. The zero-order valence-electron chi connectivity index (χ0n) is 8.65. The van der Waals surface area contributed by atoms with E-state index < -0.39 is 0 Å². The van der Waals surface area contributed by atoms with E-state index in [4.69, 9.17) is 5.53 Å². The van der Waals surface area contributed by atoms with Crippen LogP contribution in [0.3, 0.4) is 0 Å². The van der Waals surface area contributed by atoms with Gasteiger partial charge in [-0.15, -0.1) is 0 Å². The molecular formula is C11H11FN4. The molecule has 2 rings (SSSR count). The second-order valence-electron chi connectivity index (χ2n) is 3.53. The molecule has 16 heavy (non-hydrogen) atoms. The molecule has 0 unspecified atom stereocenters. The number of hydrogen-bond donors (Lipinski definition) is 1. The van der Waals surface area contributed by atoms with Crippen molar-refractivity contribution in [1.82, 2.24) is 4.98 Å². The summed E-state index contributed by atoms with van der Waals surface area (Å²) in [7, 11) is 0. The van der Waals surface area contributed by atoms with E-state index in [-0.39, 0.29) is 5.82 Å². The fourth-order valence-corrected chi connectivity index (χ4v) is 1.77. The van der Waals surface area contributed by atoms with Crippen molar-refractivity contribution < 1.29 is 4.39 Å². The van der Waals surface area contributed by atoms with Crippen LogP contribution in [0.4, 0.5) is 4.39 Å². The molecule has 0 atom stereocenters. The zero-order chi connectivity index (χ0) is 11.4. The van der Waals surface area contributed by atoms with Crippen LogP contribution in [0.5, 0.6) is 0 Å². The quantitative estimate of drug-likeness (QED) is 0.353. The Hall–Kier alpha value is -2.00. The molecule has 0 aliphatic rings. The monoisotopic (exact) mass is 218 g/mol. The molecule has 1 aromatic heterocycles. The summed E-state index contributed by atoms with van der Waals surface area (Å²) < 4.78 is 13.3. The molecule has 0 amide bonds. The lowest BCUT2D eigenvalue weighted by molar-refractivity contribution is 0.637. The highest BCUT2D eigenvalue weighted by Crippen LogP contribution is 2.21. The third kappa shape index (κ3) is 1.99. The standard InChI is InChI=1S/C11H11FN4/c12-10-5-1-4-9-8(7-14-11(9)10)3-2-6-15-16-13/h1,4-5,7,14H,2-3,6H2. The molecule has 0 bridgehead atoms. The van der Waals surface area contributed by atoms with Gasteiger partial charge in [0, 0.05) is 23.0 Å². The number of nitrogens with zero attached hydrogens (tertiary/aromatic N) is 3. The Labute approximate surface area is 91.7 Å². The average Bonchev–Trinajstić information content (AvgIpc) is 2.70. The second-order valence-corrected chi connectivity index (χ2v) is 3.53. The molecule has 0 saturated heterocycles. The Kier molecular flexibility index (Phi) is 3.08. The molecule has 5 heteroatoms. The van der Waals surface area contributed by atoms with Gasteiger partial charge in [-0.05, 0) is 30.0 Å². The minimum Gasteiger partial charge on any atom is -0.359 e. The van der Waals surface area contributed by atoms with Crippen LogP contribution >= 0.6 is 0 Å². The van der Waals surface area contributed by atoms with Gasteiger partial charge in [0.05, 0.1) is 5.52 Å². The molecular weight excluding hydrogens is 207 g/mol. The Morgan fingerprint density at radius 2 is 2.31 bits per heavy atom. The first-order chi connectivity index (χ1) is 7.83. The molecule has 1 aromatic carbocycles. The van der Waals surface area contributed by atoms with Gasteiger partial charge in [-0.2, -0.15) is 0 Å². The van der Waals surface area contributed by atoms with Gasteiger partial charge in [-0.25, -0.2) is 4.39 Å². The van der Waals surface area contributed by atoms with Gasteiger partial charge in [0.2, 0.25) is 0 Å². The normalized spacial score (nSPS) is 10.3. The number of aromatic nitrogens is 1. The van der Waals surface area contributed by atoms with E-state index >= 15 is 0 Å².